The number of amides is 1. The number of allylic oxidation sites excluding steroid dienone is 1. The highest BCUT2D eigenvalue weighted by atomic mass is 16.4. The van der Waals surface area contributed by atoms with Crippen molar-refractivity contribution in [1.82, 2.24) is 0 Å². The standard InChI is InChI=1S/C9H10O.CH3NO2/c1-2-5-8-6-3-4-7-9(8)10;2-1(3)4/h2-4,6-7,10H,1,5H2;2H2,(H,3,4). The fourth-order valence-electron chi connectivity index (χ4n) is 0.839. The molecular formula is C10H13NO3. The summed E-state index contributed by atoms with van der Waals surface area (Å²) in [4.78, 5) is 8.78. The van der Waals surface area contributed by atoms with Gasteiger partial charge in [0.15, 0.2) is 0 Å². The van der Waals surface area contributed by atoms with Crippen molar-refractivity contribution in [3.63, 3.8) is 0 Å². The molecule has 14 heavy (non-hydrogen) atoms. The molecular weight excluding hydrogens is 182 g/mol. The van der Waals surface area contributed by atoms with Gasteiger partial charge in [-0.25, -0.2) is 4.79 Å². The molecule has 1 aromatic carbocycles. The van der Waals surface area contributed by atoms with Crippen LogP contribution in [0.2, 0.25) is 0 Å². The first kappa shape index (κ1) is 12.0. The van der Waals surface area contributed by atoms with Gasteiger partial charge in [0.1, 0.15) is 5.75 Å². The monoisotopic (exact) mass is 195 g/mol. The van der Waals surface area contributed by atoms with Crippen LogP contribution in [0.4, 0.5) is 4.79 Å². The topological polar surface area (TPSA) is 83.5 Å². The predicted octanol–water partition coefficient (Wildman–Crippen LogP) is 1.74. The Labute approximate surface area is 82.3 Å². The van der Waals surface area contributed by atoms with Crippen molar-refractivity contribution in [3.05, 3.63) is 42.5 Å². The zero-order chi connectivity index (χ0) is 11.0. The quantitative estimate of drug-likeness (QED) is 0.628. The fourth-order valence-corrected chi connectivity index (χ4v) is 0.839. The summed E-state index contributed by atoms with van der Waals surface area (Å²) in [5.74, 6) is 0.349. The second-order valence-corrected chi connectivity index (χ2v) is 2.46. The van der Waals surface area contributed by atoms with Crippen molar-refractivity contribution < 1.29 is 15.0 Å². The van der Waals surface area contributed by atoms with Crippen LogP contribution in [0.1, 0.15) is 5.56 Å². The van der Waals surface area contributed by atoms with Gasteiger partial charge in [0.25, 0.3) is 0 Å². The summed E-state index contributed by atoms with van der Waals surface area (Å²) >= 11 is 0. The molecule has 0 saturated carbocycles. The highest BCUT2D eigenvalue weighted by Crippen LogP contribution is 2.15. The third-order valence-corrected chi connectivity index (χ3v) is 1.36. The number of rotatable bonds is 2. The average molecular weight is 195 g/mol. The van der Waals surface area contributed by atoms with Crippen LogP contribution < -0.4 is 5.73 Å². The lowest BCUT2D eigenvalue weighted by atomic mass is 10.1. The Morgan fingerprint density at radius 1 is 1.50 bits per heavy atom. The van der Waals surface area contributed by atoms with Crippen molar-refractivity contribution >= 4 is 6.09 Å². The molecule has 0 spiro atoms. The van der Waals surface area contributed by atoms with Crippen molar-refractivity contribution in [1.29, 1.82) is 0 Å². The number of nitrogens with two attached hydrogens (primary N) is 1. The molecule has 0 saturated heterocycles. The van der Waals surface area contributed by atoms with Crippen LogP contribution in [-0.2, 0) is 6.42 Å². The third kappa shape index (κ3) is 5.65. The molecule has 76 valence electrons. The fraction of sp³-hybridized carbons (Fsp3) is 0.100. The second-order valence-electron chi connectivity index (χ2n) is 2.46. The lowest BCUT2D eigenvalue weighted by Gasteiger charge is -1.97. The zero-order valence-electron chi connectivity index (χ0n) is 7.68. The van der Waals surface area contributed by atoms with Crippen LogP contribution in [-0.4, -0.2) is 16.3 Å². The Morgan fingerprint density at radius 3 is 2.43 bits per heavy atom. The molecule has 1 rings (SSSR count). The van der Waals surface area contributed by atoms with E-state index >= 15 is 0 Å². The van der Waals surface area contributed by atoms with Crippen LogP contribution in [0.5, 0.6) is 5.75 Å². The van der Waals surface area contributed by atoms with Crippen LogP contribution in [0, 0.1) is 0 Å². The molecule has 4 heteroatoms. The van der Waals surface area contributed by atoms with Crippen LogP contribution in [0.25, 0.3) is 0 Å². The molecule has 0 aliphatic heterocycles. The number of phenols is 1. The molecule has 0 heterocycles. The van der Waals surface area contributed by atoms with Crippen molar-refractivity contribution in [2.75, 3.05) is 0 Å². The van der Waals surface area contributed by atoms with E-state index in [-0.39, 0.29) is 0 Å². The SMILES string of the molecule is C=CCc1ccccc1O.NC(=O)O. The van der Waals surface area contributed by atoms with Gasteiger partial charge in [-0.2, -0.15) is 0 Å². The summed E-state index contributed by atoms with van der Waals surface area (Å²) in [6, 6.07) is 7.27. The van der Waals surface area contributed by atoms with E-state index in [1.807, 2.05) is 18.2 Å². The summed E-state index contributed by atoms with van der Waals surface area (Å²) in [7, 11) is 0. The number of carboxylic acid groups (broad SMARTS) is 1. The Hall–Kier alpha value is -1.97. The molecule has 1 amide bonds. The van der Waals surface area contributed by atoms with E-state index in [1.165, 1.54) is 0 Å². The Kier molecular flexibility index (Phi) is 5.62. The van der Waals surface area contributed by atoms with E-state index < -0.39 is 6.09 Å². The van der Waals surface area contributed by atoms with Gasteiger partial charge in [0, 0.05) is 0 Å². The number of aromatic hydroxyl groups is 1. The van der Waals surface area contributed by atoms with Crippen molar-refractivity contribution in [3.8, 4) is 5.75 Å². The molecule has 0 atom stereocenters. The van der Waals surface area contributed by atoms with Gasteiger partial charge in [0.2, 0.25) is 0 Å². The molecule has 0 aliphatic rings. The molecule has 0 bridgehead atoms. The normalized spacial score (nSPS) is 8.29. The van der Waals surface area contributed by atoms with E-state index in [4.69, 9.17) is 9.90 Å². The van der Waals surface area contributed by atoms with E-state index in [0.29, 0.717) is 5.75 Å². The van der Waals surface area contributed by atoms with Gasteiger partial charge in [-0.1, -0.05) is 24.3 Å². The smallest absolute Gasteiger partial charge is 0.402 e. The molecule has 0 unspecified atom stereocenters. The second kappa shape index (κ2) is 6.54. The first-order chi connectivity index (χ1) is 6.57. The summed E-state index contributed by atoms with van der Waals surface area (Å²) in [5, 5.41) is 16.4. The molecule has 0 aliphatic carbocycles. The van der Waals surface area contributed by atoms with Gasteiger partial charge in [-0.3, -0.25) is 0 Å². The number of primary amides is 1. The molecule has 0 aromatic heterocycles. The number of benzene rings is 1. The minimum atomic E-state index is -1.33. The Morgan fingerprint density at radius 2 is 2.00 bits per heavy atom. The molecule has 0 fully saturated rings. The zero-order valence-corrected chi connectivity index (χ0v) is 7.68. The summed E-state index contributed by atoms with van der Waals surface area (Å²) in [6.45, 7) is 3.59. The lowest BCUT2D eigenvalue weighted by molar-refractivity contribution is 0.205. The summed E-state index contributed by atoms with van der Waals surface area (Å²) in [5.41, 5.74) is 4.96. The predicted molar refractivity (Wildman–Crippen MR) is 54.2 cm³/mol. The maximum atomic E-state index is 9.19. The van der Waals surface area contributed by atoms with Gasteiger partial charge in [0.05, 0.1) is 0 Å². The number of hydrogen-bond donors (Lipinski definition) is 3. The van der Waals surface area contributed by atoms with E-state index in [0.717, 1.165) is 12.0 Å². The highest BCUT2D eigenvalue weighted by molar-refractivity contribution is 5.61. The van der Waals surface area contributed by atoms with Crippen LogP contribution in [0.15, 0.2) is 36.9 Å². The molecule has 0 radical (unpaired) electrons. The summed E-state index contributed by atoms with van der Waals surface area (Å²) in [6.07, 6.45) is 1.17. The third-order valence-electron chi connectivity index (χ3n) is 1.36. The van der Waals surface area contributed by atoms with E-state index in [1.54, 1.807) is 12.1 Å². The Balaban J connectivity index is 0.000000364. The number of phenolic OH excluding ortho intramolecular Hbond substituents is 1. The maximum absolute atomic E-state index is 9.19. The van der Waals surface area contributed by atoms with E-state index in [2.05, 4.69) is 12.3 Å². The van der Waals surface area contributed by atoms with E-state index in [9.17, 15) is 5.11 Å². The molecule has 4 nitrogen and oxygen atoms in total. The van der Waals surface area contributed by atoms with Crippen molar-refractivity contribution in [2.24, 2.45) is 5.73 Å². The van der Waals surface area contributed by atoms with Crippen molar-refractivity contribution in [2.45, 2.75) is 6.42 Å². The maximum Gasteiger partial charge on any atom is 0.402 e. The first-order valence-electron chi connectivity index (χ1n) is 3.94. The Bertz CT molecular complexity index is 306. The van der Waals surface area contributed by atoms with Gasteiger partial charge >= 0.3 is 6.09 Å². The first-order valence-corrected chi connectivity index (χ1v) is 3.94. The lowest BCUT2D eigenvalue weighted by Crippen LogP contribution is -2.03. The number of carbonyl (C=O) groups is 1. The molecule has 1 aromatic rings. The van der Waals surface area contributed by atoms with Crippen LogP contribution >= 0.6 is 0 Å². The average Bonchev–Trinajstić information content (AvgIpc) is 2.08. The van der Waals surface area contributed by atoms with Crippen LogP contribution in [0.3, 0.4) is 0 Å². The summed E-state index contributed by atoms with van der Waals surface area (Å²) < 4.78 is 0. The minimum Gasteiger partial charge on any atom is -0.508 e. The number of hydrogen-bond acceptors (Lipinski definition) is 2. The van der Waals surface area contributed by atoms with Gasteiger partial charge in [-0.15, -0.1) is 6.58 Å². The largest absolute Gasteiger partial charge is 0.508 e. The van der Waals surface area contributed by atoms with Gasteiger partial charge < -0.3 is 15.9 Å². The number of para-hydroxylation sites is 1. The van der Waals surface area contributed by atoms with Gasteiger partial charge in [-0.05, 0) is 18.1 Å². The highest BCUT2D eigenvalue weighted by Gasteiger charge is 1.93. The molecule has 4 N–H and O–H groups in total. The minimum absolute atomic E-state index is 0.349.